The highest BCUT2D eigenvalue weighted by Gasteiger charge is 2.30. The number of hydrogen-bond acceptors (Lipinski definition) is 3. The first kappa shape index (κ1) is 28.0. The van der Waals surface area contributed by atoms with Crippen LogP contribution in [0.15, 0.2) is 42.5 Å². The molecule has 0 aliphatic carbocycles. The zero-order chi connectivity index (χ0) is 25.5. The van der Waals surface area contributed by atoms with Gasteiger partial charge in [0.05, 0.1) is 0 Å². The molecule has 2 atom stereocenters. The Morgan fingerprint density at radius 2 is 1.74 bits per heavy atom. The lowest BCUT2D eigenvalue weighted by atomic mass is 9.86. The molecule has 7 heteroatoms. The maximum Gasteiger partial charge on any atom is 0.261 e. The summed E-state index contributed by atoms with van der Waals surface area (Å²) in [4.78, 5) is 28.1. The Morgan fingerprint density at radius 1 is 1.06 bits per heavy atom. The molecule has 2 amide bonds. The molecule has 1 N–H and O–H groups in total. The van der Waals surface area contributed by atoms with E-state index < -0.39 is 6.04 Å². The third kappa shape index (κ3) is 7.64. The summed E-state index contributed by atoms with van der Waals surface area (Å²) in [6.07, 6.45) is 1.25. The van der Waals surface area contributed by atoms with Crippen molar-refractivity contribution in [3.05, 3.63) is 63.6 Å². The maximum absolute atomic E-state index is 13.5. The van der Waals surface area contributed by atoms with Gasteiger partial charge in [-0.2, -0.15) is 0 Å². The number of nitrogens with zero attached hydrogens (tertiary/aromatic N) is 1. The van der Waals surface area contributed by atoms with Crippen molar-refractivity contribution in [3.63, 3.8) is 0 Å². The maximum atomic E-state index is 13.5. The average Bonchev–Trinajstić information content (AvgIpc) is 2.78. The van der Waals surface area contributed by atoms with Gasteiger partial charge < -0.3 is 15.0 Å². The van der Waals surface area contributed by atoms with Gasteiger partial charge in [0, 0.05) is 22.6 Å². The summed E-state index contributed by atoms with van der Waals surface area (Å²) in [5, 5.41) is 3.96. The first-order valence-corrected chi connectivity index (χ1v) is 12.5. The summed E-state index contributed by atoms with van der Waals surface area (Å²) in [6.45, 7) is 12.1. The number of benzene rings is 2. The van der Waals surface area contributed by atoms with Crippen molar-refractivity contribution in [1.82, 2.24) is 10.2 Å². The largest absolute Gasteiger partial charge is 0.483 e. The zero-order valence-electron chi connectivity index (χ0n) is 21.0. The molecule has 0 aliphatic heterocycles. The lowest BCUT2D eigenvalue weighted by molar-refractivity contribution is -0.143. The van der Waals surface area contributed by atoms with Crippen molar-refractivity contribution >= 4 is 35.0 Å². The fraction of sp³-hybridized carbons (Fsp3) is 0.481. The van der Waals surface area contributed by atoms with Gasteiger partial charge in [-0.1, -0.05) is 82.1 Å². The highest BCUT2D eigenvalue weighted by molar-refractivity contribution is 6.35. The predicted octanol–water partition coefficient (Wildman–Crippen LogP) is 6.39. The number of halogens is 2. The Morgan fingerprint density at radius 3 is 2.32 bits per heavy atom. The van der Waals surface area contributed by atoms with E-state index in [0.29, 0.717) is 27.8 Å². The SMILES string of the molecule is CC[C@H](C)NC(=O)[C@H](CC)N(Cc1ccc(Cl)cc1Cl)C(=O)COc1ccccc1C(C)(C)C. The molecule has 2 aromatic carbocycles. The van der Waals surface area contributed by atoms with Crippen LogP contribution in [0.3, 0.4) is 0 Å². The number of para-hydroxylation sites is 1. The lowest BCUT2D eigenvalue weighted by Crippen LogP contribution is -2.51. The van der Waals surface area contributed by atoms with Crippen molar-refractivity contribution in [1.29, 1.82) is 0 Å². The molecule has 0 radical (unpaired) electrons. The second-order valence-electron chi connectivity index (χ2n) is 9.53. The molecule has 0 aromatic heterocycles. The quantitative estimate of drug-likeness (QED) is 0.405. The zero-order valence-corrected chi connectivity index (χ0v) is 22.5. The van der Waals surface area contributed by atoms with Crippen LogP contribution < -0.4 is 10.1 Å². The summed E-state index contributed by atoms with van der Waals surface area (Å²) >= 11 is 12.5. The van der Waals surface area contributed by atoms with Crippen molar-refractivity contribution in [2.75, 3.05) is 6.61 Å². The first-order valence-electron chi connectivity index (χ1n) is 11.7. The normalized spacial score (nSPS) is 13.2. The second-order valence-corrected chi connectivity index (χ2v) is 10.4. The number of carbonyl (C=O) groups is 2. The number of amides is 2. The molecule has 0 fully saturated rings. The van der Waals surface area contributed by atoms with Gasteiger partial charge in [0.15, 0.2) is 6.61 Å². The van der Waals surface area contributed by atoms with Crippen molar-refractivity contribution in [3.8, 4) is 5.75 Å². The van der Waals surface area contributed by atoms with Gasteiger partial charge in [-0.15, -0.1) is 0 Å². The Bertz CT molecular complexity index is 988. The van der Waals surface area contributed by atoms with E-state index in [2.05, 4.69) is 26.1 Å². The third-order valence-electron chi connectivity index (χ3n) is 5.79. The summed E-state index contributed by atoms with van der Waals surface area (Å²) in [5.41, 5.74) is 1.58. The van der Waals surface area contributed by atoms with Crippen LogP contribution >= 0.6 is 23.2 Å². The molecular formula is C27H36Cl2N2O3. The van der Waals surface area contributed by atoms with Gasteiger partial charge in [0.1, 0.15) is 11.8 Å². The Hall–Kier alpha value is -2.24. The molecular weight excluding hydrogens is 471 g/mol. The molecule has 5 nitrogen and oxygen atoms in total. The van der Waals surface area contributed by atoms with E-state index in [1.54, 1.807) is 23.1 Å². The number of ether oxygens (including phenoxy) is 1. The molecule has 0 saturated heterocycles. The highest BCUT2D eigenvalue weighted by Crippen LogP contribution is 2.31. The van der Waals surface area contributed by atoms with Gasteiger partial charge in [0.25, 0.3) is 5.91 Å². The van der Waals surface area contributed by atoms with Gasteiger partial charge in [-0.3, -0.25) is 9.59 Å². The fourth-order valence-electron chi connectivity index (χ4n) is 3.63. The molecule has 0 saturated carbocycles. The van der Waals surface area contributed by atoms with Crippen molar-refractivity contribution < 1.29 is 14.3 Å². The van der Waals surface area contributed by atoms with E-state index >= 15 is 0 Å². The number of carbonyl (C=O) groups excluding carboxylic acids is 2. The van der Waals surface area contributed by atoms with Crippen LogP contribution in [0.4, 0.5) is 0 Å². The van der Waals surface area contributed by atoms with Crippen LogP contribution in [-0.2, 0) is 21.5 Å². The van der Waals surface area contributed by atoms with Crippen LogP contribution in [0, 0.1) is 0 Å². The summed E-state index contributed by atoms with van der Waals surface area (Å²) in [6, 6.07) is 12.2. The van der Waals surface area contributed by atoms with Gasteiger partial charge >= 0.3 is 0 Å². The molecule has 0 aliphatic rings. The fourth-order valence-corrected chi connectivity index (χ4v) is 4.10. The van der Waals surface area contributed by atoms with Crippen LogP contribution in [0.1, 0.15) is 65.5 Å². The van der Waals surface area contributed by atoms with E-state index in [-0.39, 0.29) is 36.4 Å². The highest BCUT2D eigenvalue weighted by atomic mass is 35.5. The van der Waals surface area contributed by atoms with E-state index in [0.717, 1.165) is 12.0 Å². The average molecular weight is 508 g/mol. The molecule has 0 unspecified atom stereocenters. The van der Waals surface area contributed by atoms with Gasteiger partial charge in [-0.25, -0.2) is 0 Å². The predicted molar refractivity (Wildman–Crippen MR) is 140 cm³/mol. The third-order valence-corrected chi connectivity index (χ3v) is 6.38. The molecule has 2 aromatic rings. The van der Waals surface area contributed by atoms with E-state index in [1.807, 2.05) is 45.0 Å². The molecule has 2 rings (SSSR count). The smallest absolute Gasteiger partial charge is 0.261 e. The Kier molecular flexibility index (Phi) is 10.3. The number of rotatable bonds is 10. The van der Waals surface area contributed by atoms with E-state index in [1.165, 1.54) is 0 Å². The minimum Gasteiger partial charge on any atom is -0.483 e. The van der Waals surface area contributed by atoms with Crippen molar-refractivity contribution in [2.24, 2.45) is 0 Å². The summed E-state index contributed by atoms with van der Waals surface area (Å²) in [5.74, 6) is 0.177. The molecule has 34 heavy (non-hydrogen) atoms. The van der Waals surface area contributed by atoms with Crippen molar-refractivity contribution in [2.45, 2.75) is 78.4 Å². The summed E-state index contributed by atoms with van der Waals surface area (Å²) < 4.78 is 5.99. The molecule has 186 valence electrons. The standard InChI is InChI=1S/C27H36Cl2N2O3/c1-7-18(3)30-26(33)23(8-2)31(16-19-13-14-20(28)15-22(19)29)25(32)17-34-24-12-10-9-11-21(24)27(4,5)6/h9-15,18,23H,7-8,16-17H2,1-6H3,(H,30,33)/t18-,23-/m0/s1. The van der Waals surface area contributed by atoms with Crippen LogP contribution in [0.2, 0.25) is 10.0 Å². The Balaban J connectivity index is 2.32. The van der Waals surface area contributed by atoms with E-state index in [4.69, 9.17) is 27.9 Å². The minimum absolute atomic E-state index is 0.00698. The van der Waals surface area contributed by atoms with Gasteiger partial charge in [-0.05, 0) is 54.5 Å². The number of hydrogen-bond donors (Lipinski definition) is 1. The monoisotopic (exact) mass is 506 g/mol. The molecule has 0 spiro atoms. The molecule has 0 heterocycles. The van der Waals surface area contributed by atoms with Crippen LogP contribution in [0.25, 0.3) is 0 Å². The van der Waals surface area contributed by atoms with Crippen LogP contribution in [-0.4, -0.2) is 35.4 Å². The van der Waals surface area contributed by atoms with Gasteiger partial charge in [0.2, 0.25) is 5.91 Å². The van der Waals surface area contributed by atoms with E-state index in [9.17, 15) is 9.59 Å². The van der Waals surface area contributed by atoms with Crippen LogP contribution in [0.5, 0.6) is 5.75 Å². The minimum atomic E-state index is -0.658. The Labute approximate surface area is 213 Å². The second kappa shape index (κ2) is 12.5. The number of nitrogens with one attached hydrogen (secondary N) is 1. The lowest BCUT2D eigenvalue weighted by Gasteiger charge is -2.32. The topological polar surface area (TPSA) is 58.6 Å². The summed E-state index contributed by atoms with van der Waals surface area (Å²) in [7, 11) is 0. The molecule has 0 bridgehead atoms. The first-order chi connectivity index (χ1) is 16.0.